The number of benzene rings is 1. The number of carbonyl (C=O) groups is 1. The summed E-state index contributed by atoms with van der Waals surface area (Å²) >= 11 is 0. The molecular weight excluding hydrogens is 226 g/mol. The third-order valence-corrected chi connectivity index (χ3v) is 3.09. The number of methoxy groups -OCH3 is 1. The number of aryl methyl sites for hydroxylation is 1. The number of rotatable bonds is 5. The minimum absolute atomic E-state index is 0.257. The molecule has 0 heterocycles. The topological polar surface area (TPSA) is 38.3 Å². The van der Waals surface area contributed by atoms with Crippen LogP contribution in [0.2, 0.25) is 0 Å². The van der Waals surface area contributed by atoms with Crippen LogP contribution in [0.15, 0.2) is 24.3 Å². The first kappa shape index (κ1) is 14.7. The van der Waals surface area contributed by atoms with Crippen molar-refractivity contribution in [3.05, 3.63) is 35.4 Å². The number of nitrogens with one attached hydrogen (secondary N) is 1. The van der Waals surface area contributed by atoms with Crippen molar-refractivity contribution >= 4 is 5.97 Å². The van der Waals surface area contributed by atoms with E-state index < -0.39 is 5.54 Å². The van der Waals surface area contributed by atoms with Gasteiger partial charge in [0.25, 0.3) is 0 Å². The van der Waals surface area contributed by atoms with Crippen molar-refractivity contribution < 1.29 is 9.53 Å². The summed E-state index contributed by atoms with van der Waals surface area (Å²) in [7, 11) is 1.42. The fourth-order valence-electron chi connectivity index (χ4n) is 1.79. The van der Waals surface area contributed by atoms with Crippen LogP contribution in [-0.4, -0.2) is 19.6 Å². The molecule has 0 spiro atoms. The highest BCUT2D eigenvalue weighted by molar-refractivity contribution is 5.82. The summed E-state index contributed by atoms with van der Waals surface area (Å²) in [5.74, 6) is 0.214. The normalized spacial score (nSPS) is 14.3. The van der Waals surface area contributed by atoms with Crippen LogP contribution < -0.4 is 5.32 Å². The third-order valence-electron chi connectivity index (χ3n) is 3.09. The van der Waals surface area contributed by atoms with Crippen LogP contribution in [0.3, 0.4) is 0 Å². The van der Waals surface area contributed by atoms with Crippen molar-refractivity contribution in [1.82, 2.24) is 5.32 Å². The average molecular weight is 249 g/mol. The second-order valence-electron chi connectivity index (χ2n) is 5.26. The van der Waals surface area contributed by atoms with Gasteiger partial charge in [0.05, 0.1) is 7.11 Å². The van der Waals surface area contributed by atoms with Crippen molar-refractivity contribution in [1.29, 1.82) is 0 Å². The Morgan fingerprint density at radius 3 is 2.33 bits per heavy atom. The zero-order chi connectivity index (χ0) is 13.8. The maximum Gasteiger partial charge on any atom is 0.330 e. The molecule has 0 aliphatic carbocycles. The molecule has 18 heavy (non-hydrogen) atoms. The minimum atomic E-state index is -0.785. The highest BCUT2D eigenvalue weighted by Gasteiger charge is 2.35. The van der Waals surface area contributed by atoms with Gasteiger partial charge in [-0.25, -0.2) is 4.79 Å². The molecular formula is C15H23NO2. The summed E-state index contributed by atoms with van der Waals surface area (Å²) in [5.41, 5.74) is 1.32. The zero-order valence-corrected chi connectivity index (χ0v) is 11.9. The Balaban J connectivity index is 3.03. The molecule has 0 saturated carbocycles. The van der Waals surface area contributed by atoms with Crippen LogP contribution in [0, 0.1) is 12.8 Å². The summed E-state index contributed by atoms with van der Waals surface area (Å²) in [4.78, 5) is 12.0. The van der Waals surface area contributed by atoms with E-state index in [9.17, 15) is 4.79 Å². The Labute approximate surface area is 110 Å². The molecule has 0 saturated heterocycles. The van der Waals surface area contributed by atoms with Crippen molar-refractivity contribution in [2.45, 2.75) is 33.2 Å². The lowest BCUT2D eigenvalue weighted by Crippen LogP contribution is -2.48. The third kappa shape index (κ3) is 3.33. The lowest BCUT2D eigenvalue weighted by atomic mass is 9.91. The van der Waals surface area contributed by atoms with Crippen LogP contribution in [0.1, 0.15) is 31.9 Å². The predicted octanol–water partition coefficient (Wildman–Crippen LogP) is 2.63. The summed E-state index contributed by atoms with van der Waals surface area (Å²) in [6.07, 6.45) is 0. The molecule has 0 bridgehead atoms. The summed E-state index contributed by atoms with van der Waals surface area (Å²) in [5, 5.41) is 3.31. The molecule has 1 aromatic rings. The van der Waals surface area contributed by atoms with Gasteiger partial charge in [-0.1, -0.05) is 43.7 Å². The second-order valence-corrected chi connectivity index (χ2v) is 5.26. The Morgan fingerprint density at radius 1 is 1.33 bits per heavy atom. The molecule has 100 valence electrons. The van der Waals surface area contributed by atoms with Crippen LogP contribution in [0.5, 0.6) is 0 Å². The Kier molecular flexibility index (Phi) is 4.91. The van der Waals surface area contributed by atoms with Gasteiger partial charge in [0.15, 0.2) is 0 Å². The number of esters is 1. The van der Waals surface area contributed by atoms with E-state index in [0.717, 1.165) is 12.1 Å². The first-order valence-electron chi connectivity index (χ1n) is 6.30. The van der Waals surface area contributed by atoms with Gasteiger partial charge in [-0.3, -0.25) is 5.32 Å². The van der Waals surface area contributed by atoms with Crippen LogP contribution in [-0.2, 0) is 15.1 Å². The second kappa shape index (κ2) is 6.01. The van der Waals surface area contributed by atoms with Crippen molar-refractivity contribution in [3.63, 3.8) is 0 Å². The standard InChI is InChI=1S/C15H23NO2/c1-11(2)10-16-15(4,14(17)18-5)13-8-6-12(3)7-9-13/h6-9,11,16H,10H2,1-5H3. The quantitative estimate of drug-likeness (QED) is 0.815. The molecule has 1 aromatic carbocycles. The molecule has 0 amide bonds. The SMILES string of the molecule is COC(=O)C(C)(NCC(C)C)c1ccc(C)cc1. The average Bonchev–Trinajstić information content (AvgIpc) is 2.35. The van der Waals surface area contributed by atoms with E-state index in [1.54, 1.807) is 0 Å². The molecule has 0 radical (unpaired) electrons. The van der Waals surface area contributed by atoms with Crippen molar-refractivity contribution in [3.8, 4) is 0 Å². The van der Waals surface area contributed by atoms with Crippen LogP contribution >= 0.6 is 0 Å². The van der Waals surface area contributed by atoms with Gasteiger partial charge in [0, 0.05) is 0 Å². The fraction of sp³-hybridized carbons (Fsp3) is 0.533. The molecule has 0 aromatic heterocycles. The molecule has 1 unspecified atom stereocenters. The minimum Gasteiger partial charge on any atom is -0.467 e. The molecule has 0 fully saturated rings. The zero-order valence-electron chi connectivity index (χ0n) is 11.9. The molecule has 1 N–H and O–H groups in total. The van der Waals surface area contributed by atoms with Gasteiger partial charge in [0.2, 0.25) is 0 Å². The van der Waals surface area contributed by atoms with Crippen molar-refractivity contribution in [2.75, 3.05) is 13.7 Å². The van der Waals surface area contributed by atoms with E-state index >= 15 is 0 Å². The maximum absolute atomic E-state index is 12.0. The molecule has 3 heteroatoms. The molecule has 1 atom stereocenters. The van der Waals surface area contributed by atoms with Gasteiger partial charge < -0.3 is 4.74 Å². The van der Waals surface area contributed by atoms with Gasteiger partial charge in [-0.2, -0.15) is 0 Å². The molecule has 0 aliphatic heterocycles. The van der Waals surface area contributed by atoms with Gasteiger partial charge in [0.1, 0.15) is 5.54 Å². The Morgan fingerprint density at radius 2 is 1.89 bits per heavy atom. The van der Waals surface area contributed by atoms with E-state index in [1.165, 1.54) is 12.7 Å². The first-order chi connectivity index (χ1) is 8.40. The number of hydrogen-bond acceptors (Lipinski definition) is 3. The number of ether oxygens (including phenoxy) is 1. The summed E-state index contributed by atoms with van der Waals surface area (Å²) < 4.78 is 4.93. The number of carbonyl (C=O) groups excluding carboxylic acids is 1. The lowest BCUT2D eigenvalue weighted by Gasteiger charge is -2.29. The van der Waals surface area contributed by atoms with E-state index in [-0.39, 0.29) is 5.97 Å². The first-order valence-corrected chi connectivity index (χ1v) is 6.30. The van der Waals surface area contributed by atoms with Gasteiger partial charge in [-0.05, 0) is 31.9 Å². The van der Waals surface area contributed by atoms with Crippen LogP contribution in [0.4, 0.5) is 0 Å². The molecule has 1 rings (SSSR count). The Hall–Kier alpha value is -1.35. The Bertz CT molecular complexity index is 397. The molecule has 0 aliphatic rings. The van der Waals surface area contributed by atoms with E-state index in [0.29, 0.717) is 5.92 Å². The lowest BCUT2D eigenvalue weighted by molar-refractivity contribution is -0.148. The van der Waals surface area contributed by atoms with Gasteiger partial charge in [-0.15, -0.1) is 0 Å². The highest BCUT2D eigenvalue weighted by Crippen LogP contribution is 2.23. The molecule has 3 nitrogen and oxygen atoms in total. The summed E-state index contributed by atoms with van der Waals surface area (Å²) in [6.45, 7) is 8.88. The monoisotopic (exact) mass is 249 g/mol. The largest absolute Gasteiger partial charge is 0.467 e. The van der Waals surface area contributed by atoms with Crippen molar-refractivity contribution in [2.24, 2.45) is 5.92 Å². The van der Waals surface area contributed by atoms with Crippen LogP contribution in [0.25, 0.3) is 0 Å². The maximum atomic E-state index is 12.0. The fourth-order valence-corrected chi connectivity index (χ4v) is 1.79. The smallest absolute Gasteiger partial charge is 0.330 e. The summed E-state index contributed by atoms with van der Waals surface area (Å²) in [6, 6.07) is 7.96. The highest BCUT2D eigenvalue weighted by atomic mass is 16.5. The number of hydrogen-bond donors (Lipinski definition) is 1. The van der Waals surface area contributed by atoms with E-state index in [4.69, 9.17) is 4.74 Å². The van der Waals surface area contributed by atoms with E-state index in [2.05, 4.69) is 19.2 Å². The van der Waals surface area contributed by atoms with E-state index in [1.807, 2.05) is 38.1 Å². The van der Waals surface area contributed by atoms with Gasteiger partial charge >= 0.3 is 5.97 Å². The predicted molar refractivity (Wildman–Crippen MR) is 73.4 cm³/mol.